The lowest BCUT2D eigenvalue weighted by Crippen LogP contribution is -2.29. The van der Waals surface area contributed by atoms with Crippen molar-refractivity contribution >= 4 is 19.8 Å². The normalized spacial score (nSPS) is 14.0. The largest absolute Gasteiger partial charge is 0.472 e. The van der Waals surface area contributed by atoms with Gasteiger partial charge in [-0.1, -0.05) is 151 Å². The van der Waals surface area contributed by atoms with Gasteiger partial charge in [-0.05, 0) is 83.5 Å². The van der Waals surface area contributed by atoms with Crippen molar-refractivity contribution in [2.24, 2.45) is 5.73 Å². The van der Waals surface area contributed by atoms with Crippen molar-refractivity contribution in [2.45, 2.75) is 180 Å². The maximum Gasteiger partial charge on any atom is 0.472 e. The summed E-state index contributed by atoms with van der Waals surface area (Å²) >= 11 is 0. The zero-order valence-electron chi connectivity index (χ0n) is 35.3. The highest BCUT2D eigenvalue weighted by atomic mass is 31.2. The number of allylic oxidation sites excluding steroid dienone is 12. The highest BCUT2D eigenvalue weighted by Gasteiger charge is 2.26. The van der Waals surface area contributed by atoms with Crippen molar-refractivity contribution < 1.29 is 37.6 Å². The third kappa shape index (κ3) is 41.1. The minimum absolute atomic E-state index is 0.0431. The zero-order chi connectivity index (χ0) is 41.1. The molecule has 0 aliphatic rings. The van der Waals surface area contributed by atoms with Gasteiger partial charge in [-0.2, -0.15) is 0 Å². The molecule has 0 amide bonds. The molecule has 2 atom stereocenters. The molecule has 0 aliphatic carbocycles. The summed E-state index contributed by atoms with van der Waals surface area (Å²) in [6.07, 6.45) is 50.7. The predicted molar refractivity (Wildman–Crippen MR) is 233 cm³/mol. The Hall–Kier alpha value is -2.55. The van der Waals surface area contributed by atoms with E-state index in [-0.39, 0.29) is 32.6 Å². The van der Waals surface area contributed by atoms with E-state index in [4.69, 9.17) is 24.3 Å². The standard InChI is InChI=1S/C46H80NO8P/c1-3-5-7-9-11-13-15-17-19-21-22-23-25-27-29-31-33-35-37-39-46(49)55-44(43-54-56(50,51)53-41-40-47)42-52-45(48)38-36-34-32-30-28-26-24-20-18-16-14-12-10-8-6-4-2/h5,7,11,13,17,19-20,22-24,27,29,44H,3-4,6,8-10,12,14-16,18,21,25-26,28,30-43,47H2,1-2H3,(H,50,51)/b7-5-,13-11-,19-17-,23-22-,24-20-,29-27-. The van der Waals surface area contributed by atoms with E-state index in [0.29, 0.717) is 12.8 Å². The van der Waals surface area contributed by atoms with Crippen LogP contribution in [-0.4, -0.2) is 49.3 Å². The summed E-state index contributed by atoms with van der Waals surface area (Å²) in [6.45, 7) is 3.56. The van der Waals surface area contributed by atoms with Gasteiger partial charge in [-0.3, -0.25) is 18.6 Å². The maximum absolute atomic E-state index is 12.6. The average molecular weight is 806 g/mol. The van der Waals surface area contributed by atoms with Gasteiger partial charge in [-0.15, -0.1) is 0 Å². The van der Waals surface area contributed by atoms with E-state index in [0.717, 1.165) is 83.5 Å². The van der Waals surface area contributed by atoms with Gasteiger partial charge in [0.25, 0.3) is 0 Å². The number of phosphoric acid groups is 1. The van der Waals surface area contributed by atoms with Gasteiger partial charge in [0, 0.05) is 19.4 Å². The van der Waals surface area contributed by atoms with Crippen LogP contribution in [0.5, 0.6) is 0 Å². The third-order valence-corrected chi connectivity index (χ3v) is 9.81. The fraction of sp³-hybridized carbons (Fsp3) is 0.696. The van der Waals surface area contributed by atoms with Gasteiger partial charge >= 0.3 is 19.8 Å². The van der Waals surface area contributed by atoms with Gasteiger partial charge in [0.05, 0.1) is 13.2 Å². The molecule has 2 unspecified atom stereocenters. The van der Waals surface area contributed by atoms with Crippen molar-refractivity contribution in [1.29, 1.82) is 0 Å². The van der Waals surface area contributed by atoms with Crippen LogP contribution in [0.2, 0.25) is 0 Å². The van der Waals surface area contributed by atoms with Crippen molar-refractivity contribution in [3.8, 4) is 0 Å². The number of rotatable bonds is 40. The smallest absolute Gasteiger partial charge is 0.462 e. The molecule has 0 aromatic carbocycles. The van der Waals surface area contributed by atoms with Gasteiger partial charge < -0.3 is 20.1 Å². The number of esters is 2. The molecule has 0 heterocycles. The van der Waals surface area contributed by atoms with Gasteiger partial charge in [0.2, 0.25) is 0 Å². The molecule has 0 saturated carbocycles. The number of phosphoric ester groups is 1. The molecule has 0 saturated heterocycles. The van der Waals surface area contributed by atoms with Crippen LogP contribution in [0.15, 0.2) is 72.9 Å². The van der Waals surface area contributed by atoms with E-state index >= 15 is 0 Å². The molecule has 0 aliphatic heterocycles. The molecule has 0 bridgehead atoms. The lowest BCUT2D eigenvalue weighted by atomic mass is 10.1. The van der Waals surface area contributed by atoms with Crippen molar-refractivity contribution in [3.63, 3.8) is 0 Å². The first-order chi connectivity index (χ1) is 27.3. The summed E-state index contributed by atoms with van der Waals surface area (Å²) in [6, 6.07) is 0. The van der Waals surface area contributed by atoms with Crippen LogP contribution in [0.25, 0.3) is 0 Å². The number of hydrogen-bond donors (Lipinski definition) is 2. The number of hydrogen-bond acceptors (Lipinski definition) is 8. The summed E-state index contributed by atoms with van der Waals surface area (Å²) < 4.78 is 32.7. The summed E-state index contributed by atoms with van der Waals surface area (Å²) in [4.78, 5) is 34.9. The number of unbranched alkanes of at least 4 members (excludes halogenated alkanes) is 15. The number of carbonyl (C=O) groups excluding carboxylic acids is 2. The SMILES string of the molecule is CC/C=C\C/C=C\C/C=C\C/C=C\C/C=C\CCCCCC(=O)OC(COC(=O)CCCCCCC/C=C\CCCCCCCCC)COP(=O)(O)OCCN. The predicted octanol–water partition coefficient (Wildman–Crippen LogP) is 12.7. The average Bonchev–Trinajstić information content (AvgIpc) is 3.18. The lowest BCUT2D eigenvalue weighted by Gasteiger charge is -2.19. The lowest BCUT2D eigenvalue weighted by molar-refractivity contribution is -0.161. The van der Waals surface area contributed by atoms with E-state index in [2.05, 4.69) is 86.8 Å². The second-order valence-corrected chi connectivity index (χ2v) is 15.6. The monoisotopic (exact) mass is 806 g/mol. The van der Waals surface area contributed by atoms with Crippen LogP contribution in [0, 0.1) is 0 Å². The molecule has 10 heteroatoms. The van der Waals surface area contributed by atoms with Crippen LogP contribution in [0.1, 0.15) is 174 Å². The quantitative estimate of drug-likeness (QED) is 0.0268. The molecular formula is C46H80NO8P. The molecule has 3 N–H and O–H groups in total. The van der Waals surface area contributed by atoms with Crippen LogP contribution in [0.3, 0.4) is 0 Å². The Morgan fingerprint density at radius 1 is 0.554 bits per heavy atom. The van der Waals surface area contributed by atoms with E-state index in [1.54, 1.807) is 0 Å². The first kappa shape index (κ1) is 53.5. The van der Waals surface area contributed by atoms with Crippen molar-refractivity contribution in [2.75, 3.05) is 26.4 Å². The molecule has 322 valence electrons. The number of ether oxygens (including phenoxy) is 2. The summed E-state index contributed by atoms with van der Waals surface area (Å²) in [7, 11) is -4.39. The Kier molecular flexibility index (Phi) is 40.2. The van der Waals surface area contributed by atoms with Crippen LogP contribution in [0.4, 0.5) is 0 Å². The molecular weight excluding hydrogens is 725 g/mol. The van der Waals surface area contributed by atoms with Gasteiger partial charge in [0.15, 0.2) is 6.10 Å². The second-order valence-electron chi connectivity index (χ2n) is 14.2. The van der Waals surface area contributed by atoms with Crippen LogP contribution >= 0.6 is 7.82 Å². The fourth-order valence-corrected chi connectivity index (χ4v) is 6.36. The van der Waals surface area contributed by atoms with E-state index in [1.165, 1.54) is 51.4 Å². The molecule has 0 rings (SSSR count). The molecule has 9 nitrogen and oxygen atoms in total. The Bertz CT molecular complexity index is 1150. The summed E-state index contributed by atoms with van der Waals surface area (Å²) in [5.41, 5.74) is 5.34. The minimum Gasteiger partial charge on any atom is -0.462 e. The molecule has 0 radical (unpaired) electrons. The molecule has 0 spiro atoms. The topological polar surface area (TPSA) is 134 Å². The Morgan fingerprint density at radius 2 is 0.982 bits per heavy atom. The van der Waals surface area contributed by atoms with E-state index < -0.39 is 32.5 Å². The summed E-state index contributed by atoms with van der Waals surface area (Å²) in [5, 5.41) is 0. The first-order valence-corrected chi connectivity index (χ1v) is 23.4. The van der Waals surface area contributed by atoms with Crippen LogP contribution in [-0.2, 0) is 32.7 Å². The highest BCUT2D eigenvalue weighted by molar-refractivity contribution is 7.47. The second kappa shape index (κ2) is 42.1. The van der Waals surface area contributed by atoms with Gasteiger partial charge in [-0.25, -0.2) is 4.57 Å². The number of nitrogens with two attached hydrogens (primary N) is 1. The van der Waals surface area contributed by atoms with E-state index in [1.807, 2.05) is 0 Å². The molecule has 0 aromatic rings. The fourth-order valence-electron chi connectivity index (χ4n) is 5.60. The van der Waals surface area contributed by atoms with E-state index in [9.17, 15) is 19.0 Å². The molecule has 0 aromatic heterocycles. The van der Waals surface area contributed by atoms with Crippen LogP contribution < -0.4 is 5.73 Å². The molecule has 0 fully saturated rings. The third-order valence-electron chi connectivity index (χ3n) is 8.83. The first-order valence-electron chi connectivity index (χ1n) is 21.9. The van der Waals surface area contributed by atoms with Gasteiger partial charge in [0.1, 0.15) is 6.61 Å². The van der Waals surface area contributed by atoms with Crippen molar-refractivity contribution in [3.05, 3.63) is 72.9 Å². The van der Waals surface area contributed by atoms with Crippen molar-refractivity contribution in [1.82, 2.24) is 0 Å². The maximum atomic E-state index is 12.6. The number of carbonyl (C=O) groups is 2. The Morgan fingerprint density at radius 3 is 1.50 bits per heavy atom. The zero-order valence-corrected chi connectivity index (χ0v) is 36.2. The Labute approximate surface area is 341 Å². The highest BCUT2D eigenvalue weighted by Crippen LogP contribution is 2.43. The molecule has 56 heavy (non-hydrogen) atoms. The Balaban J connectivity index is 4.25. The minimum atomic E-state index is -4.39. The summed E-state index contributed by atoms with van der Waals surface area (Å²) in [5.74, 6) is -0.881.